The lowest BCUT2D eigenvalue weighted by molar-refractivity contribution is 0.429. The molecule has 0 radical (unpaired) electrons. The topological polar surface area (TPSA) is 15.3 Å². The van der Waals surface area contributed by atoms with Crippen LogP contribution in [-0.4, -0.2) is 25.2 Å². The zero-order chi connectivity index (χ0) is 11.3. The highest BCUT2D eigenvalue weighted by Crippen LogP contribution is 2.38. The Kier molecular flexibility index (Phi) is 2.18. The molecule has 3 heteroatoms. The summed E-state index contributed by atoms with van der Waals surface area (Å²) in [5.74, 6) is -0.100. The molecular formula is C13H17FN2. The van der Waals surface area contributed by atoms with Gasteiger partial charge in [-0.25, -0.2) is 4.39 Å². The van der Waals surface area contributed by atoms with Crippen molar-refractivity contribution in [2.45, 2.75) is 32.4 Å². The van der Waals surface area contributed by atoms with Crippen molar-refractivity contribution in [3.05, 3.63) is 29.1 Å². The summed E-state index contributed by atoms with van der Waals surface area (Å²) in [6.45, 7) is 6.28. The Hall–Kier alpha value is -1.09. The summed E-state index contributed by atoms with van der Waals surface area (Å²) in [4.78, 5) is 2.47. The van der Waals surface area contributed by atoms with E-state index in [1.54, 1.807) is 12.1 Å². The van der Waals surface area contributed by atoms with Gasteiger partial charge < -0.3 is 10.2 Å². The van der Waals surface area contributed by atoms with Gasteiger partial charge in [-0.3, -0.25) is 0 Å². The Balaban J connectivity index is 2.10. The van der Waals surface area contributed by atoms with E-state index in [2.05, 4.69) is 17.1 Å². The molecule has 2 aliphatic rings. The van der Waals surface area contributed by atoms with E-state index < -0.39 is 0 Å². The number of nitrogens with zero attached hydrogens (tertiary/aromatic N) is 1. The van der Waals surface area contributed by atoms with Gasteiger partial charge in [-0.2, -0.15) is 0 Å². The van der Waals surface area contributed by atoms with E-state index in [9.17, 15) is 4.39 Å². The molecule has 0 amide bonds. The van der Waals surface area contributed by atoms with Crippen LogP contribution < -0.4 is 10.2 Å². The summed E-state index contributed by atoms with van der Waals surface area (Å²) in [5.41, 5.74) is 3.53. The lowest BCUT2D eigenvalue weighted by Gasteiger charge is -2.39. The van der Waals surface area contributed by atoms with E-state index >= 15 is 0 Å². The number of halogens is 1. The SMILES string of the molecule is Cc1cc(F)cc2c1N1C(C)CNCC1C2. The fraction of sp³-hybridized carbons (Fsp3) is 0.538. The maximum atomic E-state index is 13.4. The zero-order valence-electron chi connectivity index (χ0n) is 9.76. The van der Waals surface area contributed by atoms with Crippen LogP contribution in [0.25, 0.3) is 0 Å². The molecular weight excluding hydrogens is 203 g/mol. The van der Waals surface area contributed by atoms with E-state index in [0.717, 1.165) is 25.1 Å². The van der Waals surface area contributed by atoms with E-state index in [1.165, 1.54) is 11.3 Å². The number of rotatable bonds is 0. The summed E-state index contributed by atoms with van der Waals surface area (Å²) >= 11 is 0. The average molecular weight is 220 g/mol. The van der Waals surface area contributed by atoms with Crippen molar-refractivity contribution in [1.29, 1.82) is 0 Å². The molecule has 2 aliphatic heterocycles. The second-order valence-electron chi connectivity index (χ2n) is 5.00. The molecule has 1 fully saturated rings. The fourth-order valence-corrected chi connectivity index (χ4v) is 3.17. The Morgan fingerprint density at radius 3 is 3.00 bits per heavy atom. The standard InChI is InChI=1S/C13H17FN2/c1-8-3-11(14)4-10-5-12-7-15-6-9(2)16(12)13(8)10/h3-4,9,12,15H,5-7H2,1-2H3. The molecule has 0 spiro atoms. The summed E-state index contributed by atoms with van der Waals surface area (Å²) in [7, 11) is 0. The number of benzene rings is 1. The first kappa shape index (κ1) is 10.1. The minimum Gasteiger partial charge on any atom is -0.363 e. The van der Waals surface area contributed by atoms with Crippen molar-refractivity contribution in [3.63, 3.8) is 0 Å². The van der Waals surface area contributed by atoms with Crippen LogP contribution >= 0.6 is 0 Å². The third kappa shape index (κ3) is 1.34. The molecule has 2 atom stereocenters. The Bertz CT molecular complexity index is 430. The molecule has 0 aromatic heterocycles. The molecule has 16 heavy (non-hydrogen) atoms. The first-order chi connectivity index (χ1) is 7.66. The second-order valence-corrected chi connectivity index (χ2v) is 5.00. The first-order valence-corrected chi connectivity index (χ1v) is 5.95. The minimum absolute atomic E-state index is 0.100. The van der Waals surface area contributed by atoms with E-state index in [1.807, 2.05) is 6.92 Å². The van der Waals surface area contributed by atoms with Gasteiger partial charge in [0, 0.05) is 30.9 Å². The van der Waals surface area contributed by atoms with Crippen LogP contribution in [0.4, 0.5) is 10.1 Å². The molecule has 1 aromatic carbocycles. The quantitative estimate of drug-likeness (QED) is 0.718. The second kappa shape index (κ2) is 3.45. The third-order valence-corrected chi connectivity index (χ3v) is 3.75. The molecule has 86 valence electrons. The van der Waals surface area contributed by atoms with E-state index in [0.29, 0.717) is 12.1 Å². The number of hydrogen-bond acceptors (Lipinski definition) is 2. The van der Waals surface area contributed by atoms with Crippen molar-refractivity contribution in [1.82, 2.24) is 5.32 Å². The summed E-state index contributed by atoms with van der Waals surface area (Å²) in [5, 5.41) is 3.44. The van der Waals surface area contributed by atoms with Crippen molar-refractivity contribution < 1.29 is 4.39 Å². The van der Waals surface area contributed by atoms with Crippen LogP contribution in [0.5, 0.6) is 0 Å². The maximum Gasteiger partial charge on any atom is 0.123 e. The number of fused-ring (bicyclic) bond motifs is 3. The Morgan fingerprint density at radius 1 is 1.38 bits per heavy atom. The number of anilines is 1. The van der Waals surface area contributed by atoms with Gasteiger partial charge in [0.2, 0.25) is 0 Å². The molecule has 1 saturated heterocycles. The lowest BCUT2D eigenvalue weighted by atomic mass is 10.1. The highest BCUT2D eigenvalue weighted by molar-refractivity contribution is 5.65. The number of nitrogens with one attached hydrogen (secondary N) is 1. The lowest BCUT2D eigenvalue weighted by Crippen LogP contribution is -2.55. The number of aryl methyl sites for hydroxylation is 1. The van der Waals surface area contributed by atoms with Crippen LogP contribution in [0, 0.1) is 12.7 Å². The van der Waals surface area contributed by atoms with Gasteiger partial charge >= 0.3 is 0 Å². The van der Waals surface area contributed by atoms with Crippen molar-refractivity contribution in [2.24, 2.45) is 0 Å². The van der Waals surface area contributed by atoms with Crippen LogP contribution in [0.15, 0.2) is 12.1 Å². The van der Waals surface area contributed by atoms with Crippen LogP contribution in [0.1, 0.15) is 18.1 Å². The fourth-order valence-electron chi connectivity index (χ4n) is 3.17. The average Bonchev–Trinajstić information content (AvgIpc) is 2.56. The normalized spacial score (nSPS) is 27.8. The van der Waals surface area contributed by atoms with Gasteiger partial charge in [-0.1, -0.05) is 0 Å². The van der Waals surface area contributed by atoms with Gasteiger partial charge in [-0.15, -0.1) is 0 Å². The van der Waals surface area contributed by atoms with Crippen molar-refractivity contribution >= 4 is 5.69 Å². The van der Waals surface area contributed by atoms with E-state index in [-0.39, 0.29) is 5.82 Å². The summed E-state index contributed by atoms with van der Waals surface area (Å²) < 4.78 is 13.4. The van der Waals surface area contributed by atoms with Crippen LogP contribution in [-0.2, 0) is 6.42 Å². The molecule has 1 N–H and O–H groups in total. The Morgan fingerprint density at radius 2 is 2.19 bits per heavy atom. The smallest absolute Gasteiger partial charge is 0.123 e. The molecule has 0 bridgehead atoms. The molecule has 2 heterocycles. The van der Waals surface area contributed by atoms with E-state index in [4.69, 9.17) is 0 Å². The monoisotopic (exact) mass is 220 g/mol. The van der Waals surface area contributed by atoms with Crippen molar-refractivity contribution in [3.8, 4) is 0 Å². The predicted molar refractivity (Wildman–Crippen MR) is 63.4 cm³/mol. The van der Waals surface area contributed by atoms with Crippen LogP contribution in [0.3, 0.4) is 0 Å². The molecule has 0 saturated carbocycles. The molecule has 3 rings (SSSR count). The summed E-state index contributed by atoms with van der Waals surface area (Å²) in [6.07, 6.45) is 0.977. The first-order valence-electron chi connectivity index (χ1n) is 5.95. The third-order valence-electron chi connectivity index (χ3n) is 3.75. The molecule has 2 nitrogen and oxygen atoms in total. The highest BCUT2D eigenvalue weighted by atomic mass is 19.1. The molecule has 1 aromatic rings. The maximum absolute atomic E-state index is 13.4. The predicted octanol–water partition coefficient (Wildman–Crippen LogP) is 1.86. The van der Waals surface area contributed by atoms with Gasteiger partial charge in [0.05, 0.1) is 0 Å². The van der Waals surface area contributed by atoms with Gasteiger partial charge in [0.1, 0.15) is 5.82 Å². The van der Waals surface area contributed by atoms with Gasteiger partial charge in [0.15, 0.2) is 0 Å². The van der Waals surface area contributed by atoms with Gasteiger partial charge in [0.25, 0.3) is 0 Å². The van der Waals surface area contributed by atoms with Crippen LogP contribution in [0.2, 0.25) is 0 Å². The molecule has 2 unspecified atom stereocenters. The largest absolute Gasteiger partial charge is 0.363 e. The highest BCUT2D eigenvalue weighted by Gasteiger charge is 2.36. The van der Waals surface area contributed by atoms with Gasteiger partial charge in [-0.05, 0) is 43.5 Å². The number of hydrogen-bond donors (Lipinski definition) is 1. The minimum atomic E-state index is -0.100. The van der Waals surface area contributed by atoms with Crippen molar-refractivity contribution in [2.75, 3.05) is 18.0 Å². The number of piperazine rings is 1. The Labute approximate surface area is 95.4 Å². The molecule has 0 aliphatic carbocycles. The summed E-state index contributed by atoms with van der Waals surface area (Å²) in [6, 6.07) is 4.37. The zero-order valence-corrected chi connectivity index (χ0v) is 9.76.